The van der Waals surface area contributed by atoms with Crippen molar-refractivity contribution in [2.24, 2.45) is 0 Å². The van der Waals surface area contributed by atoms with Crippen LogP contribution in [0.1, 0.15) is 54.8 Å². The number of hydrogen-bond donors (Lipinski definition) is 1. The van der Waals surface area contributed by atoms with Crippen LogP contribution in [0.3, 0.4) is 0 Å². The van der Waals surface area contributed by atoms with Crippen LogP contribution in [0, 0.1) is 13.8 Å². The predicted octanol–water partition coefficient (Wildman–Crippen LogP) is 3.70. The van der Waals surface area contributed by atoms with Crippen LogP contribution < -0.4 is 0 Å². The SMILES string of the molecule is Cc1ccc(C(CC(=O)O)N2CCCCCC2)cc1C. The first kappa shape index (κ1) is 15.0. The summed E-state index contributed by atoms with van der Waals surface area (Å²) in [5.74, 6) is -0.711. The third kappa shape index (κ3) is 3.83. The van der Waals surface area contributed by atoms with Gasteiger partial charge in [0.2, 0.25) is 0 Å². The van der Waals surface area contributed by atoms with Crippen LogP contribution in [0.5, 0.6) is 0 Å². The molecule has 3 nitrogen and oxygen atoms in total. The van der Waals surface area contributed by atoms with Gasteiger partial charge in [-0.2, -0.15) is 0 Å². The Hall–Kier alpha value is -1.35. The van der Waals surface area contributed by atoms with Crippen molar-refractivity contribution in [2.45, 2.75) is 52.0 Å². The molecule has 0 amide bonds. The Balaban J connectivity index is 2.25. The lowest BCUT2D eigenvalue weighted by molar-refractivity contribution is -0.138. The molecule has 1 N–H and O–H groups in total. The van der Waals surface area contributed by atoms with E-state index in [0.717, 1.165) is 18.7 Å². The number of nitrogens with zero attached hydrogens (tertiary/aromatic N) is 1. The number of benzene rings is 1. The van der Waals surface area contributed by atoms with Gasteiger partial charge in [0.15, 0.2) is 0 Å². The zero-order valence-electron chi connectivity index (χ0n) is 12.6. The second-order valence-corrected chi connectivity index (χ2v) is 5.91. The number of carboxylic acid groups (broad SMARTS) is 1. The summed E-state index contributed by atoms with van der Waals surface area (Å²) in [5.41, 5.74) is 3.66. The summed E-state index contributed by atoms with van der Waals surface area (Å²) >= 11 is 0. The van der Waals surface area contributed by atoms with Crippen molar-refractivity contribution in [3.05, 3.63) is 34.9 Å². The molecule has 1 atom stereocenters. The molecule has 2 rings (SSSR count). The van der Waals surface area contributed by atoms with Gasteiger partial charge in [-0.25, -0.2) is 0 Å². The molecule has 1 aromatic rings. The first-order valence-corrected chi connectivity index (χ1v) is 7.61. The molecule has 0 saturated carbocycles. The summed E-state index contributed by atoms with van der Waals surface area (Å²) in [6.07, 6.45) is 5.09. The molecule has 110 valence electrons. The molecular formula is C17H25NO2. The van der Waals surface area contributed by atoms with Gasteiger partial charge in [-0.05, 0) is 56.5 Å². The topological polar surface area (TPSA) is 40.5 Å². The van der Waals surface area contributed by atoms with Gasteiger partial charge in [0.25, 0.3) is 0 Å². The highest BCUT2D eigenvalue weighted by atomic mass is 16.4. The number of aliphatic carboxylic acids is 1. The smallest absolute Gasteiger partial charge is 0.305 e. The van der Waals surface area contributed by atoms with Crippen LogP contribution in [-0.2, 0) is 4.79 Å². The number of rotatable bonds is 4. The summed E-state index contributed by atoms with van der Waals surface area (Å²) < 4.78 is 0. The minimum absolute atomic E-state index is 0.0184. The van der Waals surface area contributed by atoms with Crippen LogP contribution in [0.4, 0.5) is 0 Å². The molecule has 0 aromatic heterocycles. The van der Waals surface area contributed by atoms with E-state index in [2.05, 4.69) is 36.9 Å². The van der Waals surface area contributed by atoms with Crippen LogP contribution in [-0.4, -0.2) is 29.1 Å². The Morgan fingerprint density at radius 2 is 1.80 bits per heavy atom. The monoisotopic (exact) mass is 275 g/mol. The Morgan fingerprint density at radius 1 is 1.15 bits per heavy atom. The standard InChI is InChI=1S/C17H25NO2/c1-13-7-8-15(11-14(13)2)16(12-17(19)20)18-9-5-3-4-6-10-18/h7-8,11,16H,3-6,9-10,12H2,1-2H3,(H,19,20). The van der Waals surface area contributed by atoms with E-state index in [1.165, 1.54) is 36.8 Å². The van der Waals surface area contributed by atoms with Crippen molar-refractivity contribution in [3.8, 4) is 0 Å². The van der Waals surface area contributed by atoms with Gasteiger partial charge < -0.3 is 5.11 Å². The zero-order valence-corrected chi connectivity index (χ0v) is 12.6. The van der Waals surface area contributed by atoms with Gasteiger partial charge in [0.1, 0.15) is 0 Å². The molecule has 0 bridgehead atoms. The summed E-state index contributed by atoms with van der Waals surface area (Å²) in [6.45, 7) is 6.23. The van der Waals surface area contributed by atoms with Crippen molar-refractivity contribution < 1.29 is 9.90 Å². The molecule has 0 radical (unpaired) electrons. The number of likely N-dealkylation sites (tertiary alicyclic amines) is 1. The second-order valence-electron chi connectivity index (χ2n) is 5.91. The zero-order chi connectivity index (χ0) is 14.5. The number of aryl methyl sites for hydroxylation is 2. The van der Waals surface area contributed by atoms with Crippen LogP contribution in [0.2, 0.25) is 0 Å². The van der Waals surface area contributed by atoms with Crippen LogP contribution in [0.25, 0.3) is 0 Å². The Bertz CT molecular complexity index is 462. The van der Waals surface area contributed by atoms with E-state index in [1.54, 1.807) is 0 Å². The minimum atomic E-state index is -0.711. The van der Waals surface area contributed by atoms with Crippen LogP contribution >= 0.6 is 0 Å². The molecule has 1 aromatic carbocycles. The van der Waals surface area contributed by atoms with E-state index >= 15 is 0 Å². The van der Waals surface area contributed by atoms with E-state index < -0.39 is 5.97 Å². The third-order valence-corrected chi connectivity index (χ3v) is 4.37. The lowest BCUT2D eigenvalue weighted by Gasteiger charge is -2.30. The first-order valence-electron chi connectivity index (χ1n) is 7.61. The van der Waals surface area contributed by atoms with E-state index in [1.807, 2.05) is 0 Å². The maximum absolute atomic E-state index is 11.2. The normalized spacial score (nSPS) is 18.5. The molecule has 1 aliphatic heterocycles. The molecule has 1 aliphatic rings. The lowest BCUT2D eigenvalue weighted by atomic mass is 9.97. The van der Waals surface area contributed by atoms with Crippen molar-refractivity contribution in [2.75, 3.05) is 13.1 Å². The Morgan fingerprint density at radius 3 is 2.35 bits per heavy atom. The molecule has 3 heteroatoms. The van der Waals surface area contributed by atoms with Crippen molar-refractivity contribution >= 4 is 5.97 Å². The maximum Gasteiger partial charge on any atom is 0.305 e. The highest BCUT2D eigenvalue weighted by molar-refractivity contribution is 5.68. The lowest BCUT2D eigenvalue weighted by Crippen LogP contribution is -2.31. The van der Waals surface area contributed by atoms with Crippen molar-refractivity contribution in [1.82, 2.24) is 4.90 Å². The Labute approximate surface area is 121 Å². The van der Waals surface area contributed by atoms with E-state index in [9.17, 15) is 9.90 Å². The molecule has 1 unspecified atom stereocenters. The third-order valence-electron chi connectivity index (χ3n) is 4.37. The number of carboxylic acids is 1. The van der Waals surface area contributed by atoms with E-state index in [0.29, 0.717) is 0 Å². The fraction of sp³-hybridized carbons (Fsp3) is 0.588. The summed E-state index contributed by atoms with van der Waals surface area (Å²) in [7, 11) is 0. The summed E-state index contributed by atoms with van der Waals surface area (Å²) in [5, 5.41) is 9.24. The average molecular weight is 275 g/mol. The van der Waals surface area contributed by atoms with Gasteiger partial charge in [0.05, 0.1) is 6.42 Å². The number of carbonyl (C=O) groups is 1. The Kier molecular flexibility index (Phi) is 5.18. The quantitative estimate of drug-likeness (QED) is 0.911. The number of hydrogen-bond acceptors (Lipinski definition) is 2. The van der Waals surface area contributed by atoms with Gasteiger partial charge >= 0.3 is 5.97 Å². The van der Waals surface area contributed by atoms with E-state index in [-0.39, 0.29) is 12.5 Å². The van der Waals surface area contributed by atoms with Crippen LogP contribution in [0.15, 0.2) is 18.2 Å². The first-order chi connectivity index (χ1) is 9.58. The molecule has 0 spiro atoms. The van der Waals surface area contributed by atoms with Gasteiger partial charge in [-0.1, -0.05) is 31.0 Å². The molecule has 20 heavy (non-hydrogen) atoms. The van der Waals surface area contributed by atoms with Gasteiger partial charge in [-0.3, -0.25) is 9.69 Å². The summed E-state index contributed by atoms with van der Waals surface area (Å²) in [6, 6.07) is 6.39. The minimum Gasteiger partial charge on any atom is -0.481 e. The van der Waals surface area contributed by atoms with Gasteiger partial charge in [-0.15, -0.1) is 0 Å². The fourth-order valence-electron chi connectivity index (χ4n) is 3.00. The highest BCUT2D eigenvalue weighted by Gasteiger charge is 2.24. The second kappa shape index (κ2) is 6.89. The largest absolute Gasteiger partial charge is 0.481 e. The van der Waals surface area contributed by atoms with Crippen molar-refractivity contribution in [1.29, 1.82) is 0 Å². The average Bonchev–Trinajstić information content (AvgIpc) is 2.68. The summed E-state index contributed by atoms with van der Waals surface area (Å²) in [4.78, 5) is 13.6. The predicted molar refractivity (Wildman–Crippen MR) is 81.0 cm³/mol. The van der Waals surface area contributed by atoms with E-state index in [4.69, 9.17) is 0 Å². The fourth-order valence-corrected chi connectivity index (χ4v) is 3.00. The van der Waals surface area contributed by atoms with Gasteiger partial charge in [0, 0.05) is 6.04 Å². The molecule has 1 fully saturated rings. The molecule has 0 aliphatic carbocycles. The molecule has 1 saturated heterocycles. The molecular weight excluding hydrogens is 250 g/mol. The highest BCUT2D eigenvalue weighted by Crippen LogP contribution is 2.28. The maximum atomic E-state index is 11.2. The molecule has 1 heterocycles. The van der Waals surface area contributed by atoms with Crippen molar-refractivity contribution in [3.63, 3.8) is 0 Å².